The zero-order valence-electron chi connectivity index (χ0n) is 19.2. The standard InChI is InChI=1S/C26H22ClN3O5/c1-16-21(13-24(31)35-15-29-11-3-4-18(14-29)25(28)32)22-12-20(34-2)9-10-23(22)30(16)26(33)17-5-7-19(27)8-6-17/h3-12,14H,13,15H2,1-2H3,(H-,28,32)/p+1. The van der Waals surface area contributed by atoms with Crippen molar-refractivity contribution < 1.29 is 28.4 Å². The number of ether oxygens (including phenoxy) is 2. The van der Waals surface area contributed by atoms with Crippen LogP contribution in [0.1, 0.15) is 32.0 Å². The first-order chi connectivity index (χ1) is 16.8. The number of aromatic nitrogens is 2. The second-order valence-corrected chi connectivity index (χ2v) is 8.32. The van der Waals surface area contributed by atoms with Gasteiger partial charge in [0.25, 0.3) is 18.5 Å². The molecule has 0 aliphatic heterocycles. The molecule has 0 spiro atoms. The highest BCUT2D eigenvalue weighted by Crippen LogP contribution is 2.31. The number of nitrogens with zero attached hydrogens (tertiary/aromatic N) is 2. The molecule has 0 saturated carbocycles. The Morgan fingerprint density at radius 1 is 1.06 bits per heavy atom. The van der Waals surface area contributed by atoms with Gasteiger partial charge in [-0.25, -0.2) is 0 Å². The van der Waals surface area contributed by atoms with E-state index >= 15 is 0 Å². The molecule has 2 heterocycles. The van der Waals surface area contributed by atoms with Crippen LogP contribution in [0.25, 0.3) is 10.9 Å². The maximum absolute atomic E-state index is 13.4. The molecule has 0 radical (unpaired) electrons. The van der Waals surface area contributed by atoms with Gasteiger partial charge in [-0.1, -0.05) is 11.6 Å². The van der Waals surface area contributed by atoms with E-state index in [0.29, 0.717) is 44.1 Å². The molecule has 35 heavy (non-hydrogen) atoms. The Morgan fingerprint density at radius 2 is 1.80 bits per heavy atom. The minimum Gasteiger partial charge on any atom is -0.497 e. The van der Waals surface area contributed by atoms with Crippen LogP contribution >= 0.6 is 11.6 Å². The first-order valence-electron chi connectivity index (χ1n) is 10.7. The molecule has 4 aromatic rings. The van der Waals surface area contributed by atoms with Crippen molar-refractivity contribution in [3.05, 3.63) is 94.4 Å². The summed E-state index contributed by atoms with van der Waals surface area (Å²) in [7, 11) is 1.55. The van der Waals surface area contributed by atoms with Gasteiger partial charge in [0.05, 0.1) is 19.0 Å². The molecule has 9 heteroatoms. The van der Waals surface area contributed by atoms with Gasteiger partial charge in [-0.15, -0.1) is 0 Å². The molecule has 0 aliphatic rings. The van der Waals surface area contributed by atoms with E-state index in [1.165, 1.54) is 6.20 Å². The fraction of sp³-hybridized carbons (Fsp3) is 0.154. The normalized spacial score (nSPS) is 10.8. The smallest absolute Gasteiger partial charge is 0.315 e. The SMILES string of the molecule is COc1ccc2c(c1)c(CC(=O)OC[n+]1cccc(C(N)=O)c1)c(C)n2C(=O)c1ccc(Cl)cc1. The van der Waals surface area contributed by atoms with Gasteiger partial charge < -0.3 is 15.2 Å². The molecule has 0 saturated heterocycles. The van der Waals surface area contributed by atoms with Crippen molar-refractivity contribution >= 4 is 40.3 Å². The zero-order chi connectivity index (χ0) is 25.1. The lowest BCUT2D eigenvalue weighted by atomic mass is 10.1. The number of primary amides is 1. The van der Waals surface area contributed by atoms with Crippen LogP contribution in [0.3, 0.4) is 0 Å². The number of carbonyl (C=O) groups is 3. The van der Waals surface area contributed by atoms with Crippen LogP contribution in [0.2, 0.25) is 5.02 Å². The third kappa shape index (κ3) is 5.02. The number of hydrogen-bond donors (Lipinski definition) is 1. The van der Waals surface area contributed by atoms with Crippen LogP contribution in [0.15, 0.2) is 67.0 Å². The van der Waals surface area contributed by atoms with Crippen molar-refractivity contribution in [2.24, 2.45) is 5.73 Å². The summed E-state index contributed by atoms with van der Waals surface area (Å²) in [6.45, 7) is 1.69. The van der Waals surface area contributed by atoms with E-state index < -0.39 is 11.9 Å². The second-order valence-electron chi connectivity index (χ2n) is 7.89. The summed E-state index contributed by atoms with van der Waals surface area (Å²) in [4.78, 5) is 37.5. The predicted octanol–water partition coefficient (Wildman–Crippen LogP) is 3.43. The number of halogens is 1. The molecule has 0 aliphatic carbocycles. The molecule has 0 fully saturated rings. The maximum atomic E-state index is 13.4. The quantitative estimate of drug-likeness (QED) is 0.314. The number of esters is 1. The molecule has 8 nitrogen and oxygen atoms in total. The Bertz CT molecular complexity index is 1440. The van der Waals surface area contributed by atoms with Gasteiger partial charge in [0.15, 0.2) is 12.4 Å². The molecule has 178 valence electrons. The lowest BCUT2D eigenvalue weighted by Crippen LogP contribution is -2.37. The number of amides is 1. The van der Waals surface area contributed by atoms with Gasteiger partial charge in [0.1, 0.15) is 11.3 Å². The van der Waals surface area contributed by atoms with E-state index in [2.05, 4.69) is 0 Å². The van der Waals surface area contributed by atoms with Crippen molar-refractivity contribution in [3.63, 3.8) is 0 Å². The average molecular weight is 493 g/mol. The molecule has 2 aromatic carbocycles. The van der Waals surface area contributed by atoms with Crippen molar-refractivity contribution in [1.82, 2.24) is 4.57 Å². The van der Waals surface area contributed by atoms with Gasteiger partial charge in [0.2, 0.25) is 0 Å². The first-order valence-corrected chi connectivity index (χ1v) is 11.1. The number of fused-ring (bicyclic) bond motifs is 1. The molecule has 0 atom stereocenters. The van der Waals surface area contributed by atoms with E-state index in [1.807, 2.05) is 0 Å². The lowest BCUT2D eigenvalue weighted by Gasteiger charge is -2.08. The third-order valence-corrected chi connectivity index (χ3v) is 5.93. The van der Waals surface area contributed by atoms with Crippen LogP contribution in [0, 0.1) is 6.92 Å². The van der Waals surface area contributed by atoms with Gasteiger partial charge in [-0.3, -0.25) is 19.0 Å². The highest BCUT2D eigenvalue weighted by molar-refractivity contribution is 6.30. The maximum Gasteiger partial charge on any atom is 0.315 e. The molecular formula is C26H23ClN3O5+. The van der Waals surface area contributed by atoms with Crippen molar-refractivity contribution in [2.75, 3.05) is 7.11 Å². The summed E-state index contributed by atoms with van der Waals surface area (Å²) in [5.74, 6) is -0.714. The zero-order valence-corrected chi connectivity index (χ0v) is 19.9. The third-order valence-electron chi connectivity index (χ3n) is 5.67. The Balaban J connectivity index is 1.65. The topological polar surface area (TPSA) is 104 Å². The van der Waals surface area contributed by atoms with Gasteiger partial charge in [0, 0.05) is 27.7 Å². The number of rotatable bonds is 7. The molecule has 2 N–H and O–H groups in total. The first kappa shape index (κ1) is 24.0. The van der Waals surface area contributed by atoms with Crippen molar-refractivity contribution in [2.45, 2.75) is 20.1 Å². The Kier molecular flexibility index (Phi) is 6.84. The lowest BCUT2D eigenvalue weighted by molar-refractivity contribution is -0.727. The summed E-state index contributed by atoms with van der Waals surface area (Å²) in [6, 6.07) is 15.2. The molecule has 1 amide bonds. The number of methoxy groups -OCH3 is 1. The van der Waals surface area contributed by atoms with Gasteiger partial charge in [-0.2, -0.15) is 4.57 Å². The Labute approximate surface area is 206 Å². The fourth-order valence-corrected chi connectivity index (χ4v) is 4.01. The number of pyridine rings is 1. The van der Waals surface area contributed by atoms with Gasteiger partial charge in [-0.05, 0) is 61.0 Å². The number of benzene rings is 2. The van der Waals surface area contributed by atoms with Crippen molar-refractivity contribution in [1.29, 1.82) is 0 Å². The van der Waals surface area contributed by atoms with Crippen LogP contribution in [-0.4, -0.2) is 29.5 Å². The molecule has 0 bridgehead atoms. The molecular weight excluding hydrogens is 470 g/mol. The van der Waals surface area contributed by atoms with E-state index in [4.69, 9.17) is 26.8 Å². The summed E-state index contributed by atoms with van der Waals surface area (Å²) >= 11 is 5.97. The van der Waals surface area contributed by atoms with Gasteiger partial charge >= 0.3 is 5.97 Å². The fourth-order valence-electron chi connectivity index (χ4n) is 3.89. The van der Waals surface area contributed by atoms with Crippen LogP contribution in [0.4, 0.5) is 0 Å². The number of nitrogens with two attached hydrogens (primary N) is 1. The van der Waals surface area contributed by atoms with Crippen LogP contribution in [0.5, 0.6) is 5.75 Å². The summed E-state index contributed by atoms with van der Waals surface area (Å²) in [6.07, 6.45) is 3.10. The van der Waals surface area contributed by atoms with E-state index in [-0.39, 0.29) is 19.1 Å². The van der Waals surface area contributed by atoms with E-state index in [9.17, 15) is 14.4 Å². The molecule has 0 unspecified atom stereocenters. The predicted molar refractivity (Wildman–Crippen MR) is 129 cm³/mol. The molecule has 4 rings (SSSR count). The highest BCUT2D eigenvalue weighted by Gasteiger charge is 2.23. The largest absolute Gasteiger partial charge is 0.497 e. The van der Waals surface area contributed by atoms with Crippen molar-refractivity contribution in [3.8, 4) is 5.75 Å². The van der Waals surface area contributed by atoms with Crippen LogP contribution in [-0.2, 0) is 22.7 Å². The minimum absolute atomic E-state index is 0.0630. The average Bonchev–Trinajstić information content (AvgIpc) is 3.13. The Morgan fingerprint density at radius 3 is 2.49 bits per heavy atom. The molecule has 2 aromatic heterocycles. The van der Waals surface area contributed by atoms with E-state index in [1.54, 1.807) is 84.0 Å². The highest BCUT2D eigenvalue weighted by atomic mass is 35.5. The Hall–Kier alpha value is -4.17. The second kappa shape index (κ2) is 9.99. The summed E-state index contributed by atoms with van der Waals surface area (Å²) in [5.41, 5.74) is 7.99. The summed E-state index contributed by atoms with van der Waals surface area (Å²) < 4.78 is 13.9. The number of carbonyl (C=O) groups excluding carboxylic acids is 3. The van der Waals surface area contributed by atoms with E-state index in [0.717, 1.165) is 0 Å². The van der Waals surface area contributed by atoms with Crippen LogP contribution < -0.4 is 15.0 Å². The minimum atomic E-state index is -0.576. The monoisotopic (exact) mass is 492 g/mol. The summed E-state index contributed by atoms with van der Waals surface area (Å²) in [5, 5.41) is 1.24. The number of hydrogen-bond acceptors (Lipinski definition) is 5.